The molecule has 0 spiro atoms. The van der Waals surface area contributed by atoms with E-state index in [0.717, 1.165) is 29.7 Å². The summed E-state index contributed by atoms with van der Waals surface area (Å²) in [7, 11) is -1.49. The molecule has 25 heavy (non-hydrogen) atoms. The fraction of sp³-hybridized carbons (Fsp3) is 0.647. The second-order valence-electron chi connectivity index (χ2n) is 6.49. The number of sulfonamides is 1. The predicted molar refractivity (Wildman–Crippen MR) is 97.0 cm³/mol. The zero-order valence-corrected chi connectivity index (χ0v) is 15.7. The van der Waals surface area contributed by atoms with E-state index in [1.165, 1.54) is 0 Å². The molecular formula is C17H26N4O3S. The van der Waals surface area contributed by atoms with Gasteiger partial charge in [0, 0.05) is 38.9 Å². The van der Waals surface area contributed by atoms with Gasteiger partial charge in [0.05, 0.1) is 29.6 Å². The van der Waals surface area contributed by atoms with Crippen molar-refractivity contribution in [2.24, 2.45) is 0 Å². The van der Waals surface area contributed by atoms with Gasteiger partial charge in [-0.15, -0.1) is 0 Å². The molecule has 0 radical (unpaired) electrons. The molecule has 8 heteroatoms. The molecule has 1 saturated heterocycles. The van der Waals surface area contributed by atoms with Crippen LogP contribution in [0.1, 0.15) is 37.9 Å². The van der Waals surface area contributed by atoms with Crippen LogP contribution >= 0.6 is 0 Å². The maximum Gasteiger partial charge on any atom is 0.214 e. The van der Waals surface area contributed by atoms with Gasteiger partial charge in [0.15, 0.2) is 0 Å². The van der Waals surface area contributed by atoms with Crippen LogP contribution in [0.2, 0.25) is 0 Å². The highest BCUT2D eigenvalue weighted by Gasteiger charge is 2.34. The van der Waals surface area contributed by atoms with Crippen LogP contribution in [0.25, 0.3) is 11.0 Å². The molecule has 0 saturated carbocycles. The first-order valence-electron chi connectivity index (χ1n) is 8.83. The van der Waals surface area contributed by atoms with Crippen LogP contribution in [-0.4, -0.2) is 59.8 Å². The number of nitrogens with zero attached hydrogens (tertiary/aromatic N) is 4. The Morgan fingerprint density at radius 1 is 1.40 bits per heavy atom. The Hall–Kier alpha value is -1.51. The van der Waals surface area contributed by atoms with Gasteiger partial charge in [0.25, 0.3) is 0 Å². The molecule has 2 aromatic rings. The van der Waals surface area contributed by atoms with E-state index in [9.17, 15) is 8.42 Å². The molecule has 0 bridgehead atoms. The van der Waals surface area contributed by atoms with Gasteiger partial charge in [-0.05, 0) is 18.9 Å². The molecule has 138 valence electrons. The normalized spacial score (nSPS) is 19.0. The number of aromatic nitrogens is 3. The maximum absolute atomic E-state index is 12.5. The Kier molecular flexibility index (Phi) is 5.71. The Labute approximate surface area is 149 Å². The average Bonchev–Trinajstić information content (AvgIpc) is 3.23. The zero-order chi connectivity index (χ0) is 17.9. The number of ether oxygens (including phenoxy) is 1. The minimum absolute atomic E-state index is 0.112. The highest BCUT2D eigenvalue weighted by molar-refractivity contribution is 7.89. The number of pyridine rings is 1. The summed E-state index contributed by atoms with van der Waals surface area (Å²) >= 11 is 0. The molecule has 0 unspecified atom stereocenters. The summed E-state index contributed by atoms with van der Waals surface area (Å²) in [6, 6.07) is 1.90. The van der Waals surface area contributed by atoms with Crippen LogP contribution in [0.5, 0.6) is 0 Å². The van der Waals surface area contributed by atoms with Gasteiger partial charge in [-0.1, -0.05) is 13.3 Å². The molecule has 3 heterocycles. The van der Waals surface area contributed by atoms with E-state index in [1.807, 2.05) is 19.2 Å². The zero-order valence-electron chi connectivity index (χ0n) is 14.9. The van der Waals surface area contributed by atoms with Gasteiger partial charge < -0.3 is 9.30 Å². The van der Waals surface area contributed by atoms with Crippen molar-refractivity contribution in [3.05, 3.63) is 24.3 Å². The largest absolute Gasteiger partial charge is 0.383 e. The molecule has 0 aromatic carbocycles. The number of hydrogen-bond donors (Lipinski definition) is 0. The van der Waals surface area contributed by atoms with Crippen molar-refractivity contribution in [1.82, 2.24) is 18.8 Å². The van der Waals surface area contributed by atoms with E-state index in [0.29, 0.717) is 32.7 Å². The molecular weight excluding hydrogens is 340 g/mol. The topological polar surface area (TPSA) is 77.3 Å². The van der Waals surface area contributed by atoms with Gasteiger partial charge in [-0.25, -0.2) is 17.7 Å². The highest BCUT2D eigenvalue weighted by atomic mass is 32.2. The molecule has 0 N–H and O–H groups in total. The quantitative estimate of drug-likeness (QED) is 0.714. The smallest absolute Gasteiger partial charge is 0.214 e. The number of hydrogen-bond acceptors (Lipinski definition) is 5. The van der Waals surface area contributed by atoms with Crippen LogP contribution < -0.4 is 0 Å². The van der Waals surface area contributed by atoms with Crippen LogP contribution in [-0.2, 0) is 21.3 Å². The third-order valence-corrected chi connectivity index (χ3v) is 6.69. The number of rotatable bonds is 8. The van der Waals surface area contributed by atoms with Crippen molar-refractivity contribution in [2.75, 3.05) is 32.6 Å². The van der Waals surface area contributed by atoms with Crippen LogP contribution in [0.3, 0.4) is 0 Å². The number of imidazole rings is 1. The van der Waals surface area contributed by atoms with Crippen molar-refractivity contribution < 1.29 is 13.2 Å². The lowest BCUT2D eigenvalue weighted by molar-refractivity contribution is 0.187. The van der Waals surface area contributed by atoms with Gasteiger partial charge in [-0.2, -0.15) is 0 Å². The summed E-state index contributed by atoms with van der Waals surface area (Å²) in [5.41, 5.74) is 1.87. The third kappa shape index (κ3) is 3.86. The minimum Gasteiger partial charge on any atom is -0.383 e. The van der Waals surface area contributed by atoms with Crippen LogP contribution in [0, 0.1) is 0 Å². The predicted octanol–water partition coefficient (Wildman–Crippen LogP) is 2.00. The van der Waals surface area contributed by atoms with E-state index in [-0.39, 0.29) is 11.7 Å². The Bertz CT molecular complexity index is 818. The van der Waals surface area contributed by atoms with Crippen molar-refractivity contribution in [3.63, 3.8) is 0 Å². The number of fused-ring (bicyclic) bond motifs is 1. The van der Waals surface area contributed by atoms with E-state index in [4.69, 9.17) is 9.72 Å². The number of methoxy groups -OCH3 is 1. The molecule has 0 amide bonds. The number of unbranched alkanes of at least 4 members (excludes halogenated alkanes) is 1. The van der Waals surface area contributed by atoms with Gasteiger partial charge in [0.1, 0.15) is 5.82 Å². The van der Waals surface area contributed by atoms with E-state index in [2.05, 4.69) is 9.55 Å². The fourth-order valence-electron chi connectivity index (χ4n) is 3.37. The molecule has 1 fully saturated rings. The molecule has 2 aromatic heterocycles. The van der Waals surface area contributed by atoms with Crippen molar-refractivity contribution in [3.8, 4) is 0 Å². The van der Waals surface area contributed by atoms with E-state index < -0.39 is 10.0 Å². The molecule has 1 aliphatic rings. The first-order chi connectivity index (χ1) is 12.1. The van der Waals surface area contributed by atoms with Gasteiger partial charge in [0.2, 0.25) is 10.0 Å². The molecule has 3 rings (SSSR count). The Morgan fingerprint density at radius 2 is 2.24 bits per heavy atom. The second kappa shape index (κ2) is 7.80. The summed E-state index contributed by atoms with van der Waals surface area (Å²) in [5, 5.41) is 0. The lowest BCUT2D eigenvalue weighted by atomic mass is 10.1. The molecule has 1 aliphatic heterocycles. The Morgan fingerprint density at radius 3 is 3.00 bits per heavy atom. The summed E-state index contributed by atoms with van der Waals surface area (Å²) in [4.78, 5) is 8.97. The SMILES string of the molecule is CCCCS(=O)(=O)N1CC[C@@H](c2nc3ccncc3n2CCOC)C1. The first kappa shape index (κ1) is 18.3. The standard InChI is InChI=1S/C17H26N4O3S/c1-3-4-11-25(22,23)20-8-6-14(13-20)17-19-15-5-7-18-12-16(15)21(17)9-10-24-2/h5,7,12,14H,3-4,6,8-11,13H2,1-2H3/t14-/m1/s1. The lowest BCUT2D eigenvalue weighted by Crippen LogP contribution is -2.31. The van der Waals surface area contributed by atoms with Crippen molar-refractivity contribution in [1.29, 1.82) is 0 Å². The molecule has 0 aliphatic carbocycles. The van der Waals surface area contributed by atoms with Crippen LogP contribution in [0.4, 0.5) is 0 Å². The van der Waals surface area contributed by atoms with Crippen molar-refractivity contribution >= 4 is 21.1 Å². The van der Waals surface area contributed by atoms with Gasteiger partial charge in [-0.3, -0.25) is 4.98 Å². The summed E-state index contributed by atoms with van der Waals surface area (Å²) in [6.07, 6.45) is 5.94. The monoisotopic (exact) mass is 366 g/mol. The van der Waals surface area contributed by atoms with Gasteiger partial charge >= 0.3 is 0 Å². The highest BCUT2D eigenvalue weighted by Crippen LogP contribution is 2.31. The molecule has 7 nitrogen and oxygen atoms in total. The van der Waals surface area contributed by atoms with Crippen molar-refractivity contribution in [2.45, 2.75) is 38.6 Å². The lowest BCUT2D eigenvalue weighted by Gasteiger charge is -2.17. The van der Waals surface area contributed by atoms with E-state index in [1.54, 1.807) is 17.6 Å². The Balaban J connectivity index is 1.85. The fourth-order valence-corrected chi connectivity index (χ4v) is 5.07. The maximum atomic E-state index is 12.5. The summed E-state index contributed by atoms with van der Waals surface area (Å²) in [5.74, 6) is 1.29. The first-order valence-corrected chi connectivity index (χ1v) is 10.4. The molecule has 1 atom stereocenters. The average molecular weight is 366 g/mol. The van der Waals surface area contributed by atoms with E-state index >= 15 is 0 Å². The minimum atomic E-state index is -3.16. The summed E-state index contributed by atoms with van der Waals surface area (Å²) in [6.45, 7) is 4.36. The second-order valence-corrected chi connectivity index (χ2v) is 8.58. The third-order valence-electron chi connectivity index (χ3n) is 4.76. The summed E-state index contributed by atoms with van der Waals surface area (Å²) < 4.78 is 33.9. The van der Waals surface area contributed by atoms with Crippen LogP contribution in [0.15, 0.2) is 18.5 Å².